The van der Waals surface area contributed by atoms with Crippen LogP contribution in [-0.2, 0) is 11.3 Å². The van der Waals surface area contributed by atoms with E-state index in [0.717, 1.165) is 4.47 Å². The van der Waals surface area contributed by atoms with Gasteiger partial charge in [0.1, 0.15) is 12.3 Å². The summed E-state index contributed by atoms with van der Waals surface area (Å²) in [4.78, 5) is 29.2. The molecule has 0 aliphatic heterocycles. The van der Waals surface area contributed by atoms with Crippen LogP contribution in [0.2, 0.25) is 5.02 Å². The molecule has 6 nitrogen and oxygen atoms in total. The van der Waals surface area contributed by atoms with Crippen molar-refractivity contribution >= 4 is 50.0 Å². The Morgan fingerprint density at radius 3 is 2.79 bits per heavy atom. The lowest BCUT2D eigenvalue weighted by molar-refractivity contribution is -0.116. The average molecular weight is 465 g/mol. The monoisotopic (exact) mass is 463 g/mol. The van der Waals surface area contributed by atoms with Gasteiger partial charge < -0.3 is 10.1 Å². The van der Waals surface area contributed by atoms with Crippen molar-refractivity contribution in [2.24, 2.45) is 5.92 Å². The molecule has 0 aliphatic rings. The highest BCUT2D eigenvalue weighted by Crippen LogP contribution is 2.28. The zero-order valence-corrected chi connectivity index (χ0v) is 17.8. The van der Waals surface area contributed by atoms with Crippen LogP contribution in [0.1, 0.15) is 13.8 Å². The Kier molecular flexibility index (Phi) is 6.36. The number of halogens is 2. The molecular formula is C20H19BrClN3O3. The molecule has 0 saturated heterocycles. The molecule has 3 aromatic rings. The summed E-state index contributed by atoms with van der Waals surface area (Å²) in [5, 5.41) is 3.59. The summed E-state index contributed by atoms with van der Waals surface area (Å²) in [5.41, 5.74) is 0.821. The normalized spacial score (nSPS) is 11.0. The standard InChI is InChI=1S/C20H19BrClN3O3/c1-12(2)10-28-18-6-4-14(8-16(18)22)24-19(26)9-25-11-23-17-5-3-13(21)7-15(17)20(25)27/h3-8,11-12H,9-10H2,1-2H3,(H,24,26). The van der Waals surface area contributed by atoms with Gasteiger partial charge in [-0.05, 0) is 42.3 Å². The maximum Gasteiger partial charge on any atom is 0.261 e. The minimum absolute atomic E-state index is 0.155. The Morgan fingerprint density at radius 2 is 2.07 bits per heavy atom. The fraction of sp³-hybridized carbons (Fsp3) is 0.250. The van der Waals surface area contributed by atoms with E-state index in [1.54, 1.807) is 30.3 Å². The molecule has 0 atom stereocenters. The van der Waals surface area contributed by atoms with Gasteiger partial charge in [-0.15, -0.1) is 0 Å². The number of nitrogens with one attached hydrogen (secondary N) is 1. The van der Waals surface area contributed by atoms with E-state index < -0.39 is 0 Å². The van der Waals surface area contributed by atoms with Crippen molar-refractivity contribution in [3.05, 3.63) is 62.6 Å². The van der Waals surface area contributed by atoms with Gasteiger partial charge in [0.25, 0.3) is 5.56 Å². The second-order valence-electron chi connectivity index (χ2n) is 6.74. The van der Waals surface area contributed by atoms with Gasteiger partial charge in [-0.25, -0.2) is 4.98 Å². The van der Waals surface area contributed by atoms with Crippen molar-refractivity contribution < 1.29 is 9.53 Å². The molecular weight excluding hydrogens is 446 g/mol. The minimum Gasteiger partial charge on any atom is -0.492 e. The topological polar surface area (TPSA) is 73.2 Å². The van der Waals surface area contributed by atoms with Crippen LogP contribution in [-0.4, -0.2) is 22.1 Å². The second kappa shape index (κ2) is 8.75. The predicted octanol–water partition coefficient (Wildman–Crippen LogP) is 4.49. The Hall–Kier alpha value is -2.38. The van der Waals surface area contributed by atoms with Crippen molar-refractivity contribution in [1.82, 2.24) is 9.55 Å². The number of rotatable bonds is 6. The van der Waals surface area contributed by atoms with Crippen LogP contribution in [0.5, 0.6) is 5.75 Å². The largest absolute Gasteiger partial charge is 0.492 e. The number of nitrogens with zero attached hydrogens (tertiary/aromatic N) is 2. The maximum absolute atomic E-state index is 12.6. The van der Waals surface area contributed by atoms with E-state index in [1.807, 2.05) is 19.9 Å². The van der Waals surface area contributed by atoms with Crippen LogP contribution in [0.15, 0.2) is 52.0 Å². The quantitative estimate of drug-likeness (QED) is 0.583. The van der Waals surface area contributed by atoms with E-state index in [0.29, 0.717) is 39.9 Å². The van der Waals surface area contributed by atoms with Gasteiger partial charge in [0.05, 0.1) is 28.9 Å². The van der Waals surface area contributed by atoms with Crippen molar-refractivity contribution in [1.29, 1.82) is 0 Å². The Balaban J connectivity index is 1.72. The fourth-order valence-electron chi connectivity index (χ4n) is 2.55. The summed E-state index contributed by atoms with van der Waals surface area (Å²) in [7, 11) is 0. The highest BCUT2D eigenvalue weighted by molar-refractivity contribution is 9.10. The van der Waals surface area contributed by atoms with Crippen LogP contribution in [0, 0.1) is 5.92 Å². The number of benzene rings is 2. The molecule has 0 spiro atoms. The zero-order chi connectivity index (χ0) is 20.3. The lowest BCUT2D eigenvalue weighted by atomic mass is 10.2. The van der Waals surface area contributed by atoms with Gasteiger partial charge in [-0.3, -0.25) is 14.2 Å². The fourth-order valence-corrected chi connectivity index (χ4v) is 3.15. The van der Waals surface area contributed by atoms with Crippen molar-refractivity contribution in [2.75, 3.05) is 11.9 Å². The number of fused-ring (bicyclic) bond motifs is 1. The molecule has 3 rings (SSSR count). The molecule has 0 fully saturated rings. The number of carbonyl (C=O) groups excluding carboxylic acids is 1. The van der Waals surface area contributed by atoms with Gasteiger partial charge in [-0.2, -0.15) is 0 Å². The third-order valence-corrected chi connectivity index (χ3v) is 4.68. The third kappa shape index (κ3) is 4.91. The molecule has 1 aromatic heterocycles. The van der Waals surface area contributed by atoms with Gasteiger partial charge in [0, 0.05) is 10.2 Å². The first-order chi connectivity index (χ1) is 13.3. The minimum atomic E-state index is -0.356. The number of hydrogen-bond donors (Lipinski definition) is 1. The summed E-state index contributed by atoms with van der Waals surface area (Å²) < 4.78 is 7.66. The highest BCUT2D eigenvalue weighted by Gasteiger charge is 2.11. The first-order valence-corrected chi connectivity index (χ1v) is 9.87. The molecule has 0 bridgehead atoms. The molecule has 0 radical (unpaired) electrons. The highest BCUT2D eigenvalue weighted by atomic mass is 79.9. The number of aromatic nitrogens is 2. The average Bonchev–Trinajstić information content (AvgIpc) is 2.63. The first-order valence-electron chi connectivity index (χ1n) is 8.70. The molecule has 1 N–H and O–H groups in total. The van der Waals surface area contributed by atoms with E-state index in [9.17, 15) is 9.59 Å². The van der Waals surface area contributed by atoms with Crippen LogP contribution < -0.4 is 15.6 Å². The Labute approximate surface area is 175 Å². The molecule has 28 heavy (non-hydrogen) atoms. The van der Waals surface area contributed by atoms with Crippen LogP contribution in [0.3, 0.4) is 0 Å². The van der Waals surface area contributed by atoms with E-state index in [1.165, 1.54) is 10.9 Å². The summed E-state index contributed by atoms with van der Waals surface area (Å²) >= 11 is 9.56. The Morgan fingerprint density at radius 1 is 1.29 bits per heavy atom. The molecule has 0 aliphatic carbocycles. The number of ether oxygens (including phenoxy) is 1. The second-order valence-corrected chi connectivity index (χ2v) is 8.06. The number of amides is 1. The first kappa shape index (κ1) is 20.4. The van der Waals surface area contributed by atoms with Gasteiger partial charge in [0.15, 0.2) is 0 Å². The van der Waals surface area contributed by atoms with E-state index >= 15 is 0 Å². The summed E-state index contributed by atoms with van der Waals surface area (Å²) in [6.45, 7) is 4.49. The molecule has 1 amide bonds. The molecule has 2 aromatic carbocycles. The summed E-state index contributed by atoms with van der Waals surface area (Å²) in [6.07, 6.45) is 1.37. The van der Waals surface area contributed by atoms with Crippen LogP contribution in [0.25, 0.3) is 10.9 Å². The predicted molar refractivity (Wildman–Crippen MR) is 114 cm³/mol. The van der Waals surface area contributed by atoms with E-state index in [4.69, 9.17) is 16.3 Å². The van der Waals surface area contributed by atoms with E-state index in [2.05, 4.69) is 26.2 Å². The SMILES string of the molecule is CC(C)COc1ccc(NC(=O)Cn2cnc3ccc(Br)cc3c2=O)cc1Cl. The lowest BCUT2D eigenvalue weighted by Gasteiger charge is -2.12. The van der Waals surface area contributed by atoms with Gasteiger partial charge in [-0.1, -0.05) is 41.4 Å². The summed E-state index contributed by atoms with van der Waals surface area (Å²) in [6, 6.07) is 10.3. The zero-order valence-electron chi connectivity index (χ0n) is 15.4. The van der Waals surface area contributed by atoms with Crippen LogP contribution >= 0.6 is 27.5 Å². The van der Waals surface area contributed by atoms with Crippen molar-refractivity contribution in [3.63, 3.8) is 0 Å². The molecule has 0 saturated carbocycles. The third-order valence-electron chi connectivity index (χ3n) is 3.89. The van der Waals surface area contributed by atoms with E-state index in [-0.39, 0.29) is 18.0 Å². The molecule has 0 unspecified atom stereocenters. The smallest absolute Gasteiger partial charge is 0.261 e. The Bertz CT molecular complexity index is 1080. The maximum atomic E-state index is 12.6. The lowest BCUT2D eigenvalue weighted by Crippen LogP contribution is -2.27. The van der Waals surface area contributed by atoms with Crippen molar-refractivity contribution in [2.45, 2.75) is 20.4 Å². The molecule has 8 heteroatoms. The molecule has 1 heterocycles. The number of hydrogen-bond acceptors (Lipinski definition) is 4. The number of anilines is 1. The van der Waals surface area contributed by atoms with Gasteiger partial charge in [0.2, 0.25) is 5.91 Å². The van der Waals surface area contributed by atoms with Gasteiger partial charge >= 0.3 is 0 Å². The molecule has 146 valence electrons. The van der Waals surface area contributed by atoms with Crippen molar-refractivity contribution in [3.8, 4) is 5.75 Å². The van der Waals surface area contributed by atoms with Crippen LogP contribution in [0.4, 0.5) is 5.69 Å². The number of carbonyl (C=O) groups is 1. The summed E-state index contributed by atoms with van der Waals surface area (Å²) in [5.74, 6) is 0.587.